The van der Waals surface area contributed by atoms with Crippen molar-refractivity contribution in [2.24, 2.45) is 7.05 Å². The Kier molecular flexibility index (Phi) is 3.15. The third-order valence-electron chi connectivity index (χ3n) is 3.92. The van der Waals surface area contributed by atoms with Crippen molar-refractivity contribution < 1.29 is 0 Å². The van der Waals surface area contributed by atoms with E-state index in [0.717, 1.165) is 18.3 Å². The highest BCUT2D eigenvalue weighted by Gasteiger charge is 2.21. The highest BCUT2D eigenvalue weighted by molar-refractivity contribution is 5.67. The molecule has 19 heavy (non-hydrogen) atoms. The van der Waals surface area contributed by atoms with Gasteiger partial charge < -0.3 is 5.32 Å². The largest absolute Gasteiger partial charge is 0.310 e. The molecule has 0 saturated heterocycles. The molecule has 1 heterocycles. The highest BCUT2D eigenvalue weighted by atomic mass is 15.3. The first-order chi connectivity index (χ1) is 9.15. The predicted octanol–water partition coefficient (Wildman–Crippen LogP) is 2.96. The first kappa shape index (κ1) is 12.4. The molecule has 0 aliphatic heterocycles. The Morgan fingerprint density at radius 1 is 1.32 bits per heavy atom. The van der Waals surface area contributed by atoms with Crippen molar-refractivity contribution in [1.29, 1.82) is 0 Å². The maximum Gasteiger partial charge on any atom is 0.0970 e. The zero-order valence-corrected chi connectivity index (χ0v) is 11.9. The lowest BCUT2D eigenvalue weighted by Gasteiger charge is -2.08. The number of nitrogens with zero attached hydrogens (tertiary/aromatic N) is 2. The fraction of sp³-hybridized carbons (Fsp3) is 0.438. The molecule has 1 saturated carbocycles. The minimum absolute atomic E-state index is 0.728. The van der Waals surface area contributed by atoms with Gasteiger partial charge >= 0.3 is 0 Å². The summed E-state index contributed by atoms with van der Waals surface area (Å²) in [7, 11) is 2.00. The van der Waals surface area contributed by atoms with Crippen molar-refractivity contribution in [2.45, 2.75) is 39.3 Å². The fourth-order valence-corrected chi connectivity index (χ4v) is 2.44. The minimum Gasteiger partial charge on any atom is -0.310 e. The first-order valence-electron chi connectivity index (χ1n) is 6.97. The second-order valence-electron chi connectivity index (χ2n) is 5.58. The van der Waals surface area contributed by atoms with Gasteiger partial charge in [-0.2, -0.15) is 5.10 Å². The van der Waals surface area contributed by atoms with Gasteiger partial charge in [-0.15, -0.1) is 0 Å². The van der Waals surface area contributed by atoms with Crippen LogP contribution >= 0.6 is 0 Å². The Morgan fingerprint density at radius 3 is 2.84 bits per heavy atom. The van der Waals surface area contributed by atoms with Gasteiger partial charge in [0, 0.05) is 37.0 Å². The molecular formula is C16H21N3. The van der Waals surface area contributed by atoms with Gasteiger partial charge in [0.05, 0.1) is 5.69 Å². The van der Waals surface area contributed by atoms with Crippen molar-refractivity contribution >= 4 is 0 Å². The van der Waals surface area contributed by atoms with Crippen molar-refractivity contribution in [1.82, 2.24) is 15.1 Å². The minimum atomic E-state index is 0.728. The summed E-state index contributed by atoms with van der Waals surface area (Å²) in [5.41, 5.74) is 6.33. The summed E-state index contributed by atoms with van der Waals surface area (Å²) >= 11 is 0. The summed E-state index contributed by atoms with van der Waals surface area (Å²) in [5.74, 6) is 0. The second-order valence-corrected chi connectivity index (χ2v) is 5.58. The van der Waals surface area contributed by atoms with E-state index >= 15 is 0 Å². The Morgan fingerprint density at radius 2 is 2.11 bits per heavy atom. The van der Waals surface area contributed by atoms with Gasteiger partial charge in [-0.1, -0.05) is 18.2 Å². The van der Waals surface area contributed by atoms with Crippen molar-refractivity contribution in [3.8, 4) is 11.3 Å². The van der Waals surface area contributed by atoms with Gasteiger partial charge in [0.15, 0.2) is 0 Å². The molecule has 3 heteroatoms. The third-order valence-corrected chi connectivity index (χ3v) is 3.92. The molecule has 3 rings (SSSR count). The number of nitrogens with one attached hydrogen (secondary N) is 1. The Bertz CT molecular complexity index is 594. The topological polar surface area (TPSA) is 29.9 Å². The molecule has 2 aromatic rings. The van der Waals surface area contributed by atoms with Gasteiger partial charge in [-0.3, -0.25) is 4.68 Å². The molecule has 0 spiro atoms. The molecule has 3 nitrogen and oxygen atoms in total. The van der Waals surface area contributed by atoms with E-state index in [9.17, 15) is 0 Å². The van der Waals surface area contributed by atoms with E-state index in [1.165, 1.54) is 35.1 Å². The van der Waals surface area contributed by atoms with Crippen molar-refractivity contribution in [3.63, 3.8) is 0 Å². The van der Waals surface area contributed by atoms with E-state index < -0.39 is 0 Å². The van der Waals surface area contributed by atoms with E-state index in [1.54, 1.807) is 0 Å². The lowest BCUT2D eigenvalue weighted by Crippen LogP contribution is -2.15. The van der Waals surface area contributed by atoms with Crippen LogP contribution in [-0.2, 0) is 13.6 Å². The highest BCUT2D eigenvalue weighted by Crippen LogP contribution is 2.28. The molecule has 100 valence electrons. The summed E-state index contributed by atoms with van der Waals surface area (Å²) in [6.45, 7) is 5.25. The summed E-state index contributed by atoms with van der Waals surface area (Å²) in [4.78, 5) is 0. The van der Waals surface area contributed by atoms with Crippen LogP contribution < -0.4 is 5.32 Å². The van der Waals surface area contributed by atoms with Crippen LogP contribution in [0.3, 0.4) is 0 Å². The SMILES string of the molecule is Cc1cccc(-c2nn(C)cc2CNC2CC2)c1C. The maximum atomic E-state index is 4.66. The third kappa shape index (κ3) is 2.56. The normalized spacial score (nSPS) is 14.9. The first-order valence-corrected chi connectivity index (χ1v) is 6.97. The molecule has 1 aliphatic carbocycles. The van der Waals surface area contributed by atoms with Crippen LogP contribution in [0.4, 0.5) is 0 Å². The molecule has 1 aliphatic rings. The van der Waals surface area contributed by atoms with Crippen LogP contribution in [0.2, 0.25) is 0 Å². The molecular weight excluding hydrogens is 234 g/mol. The molecule has 0 unspecified atom stereocenters. The Balaban J connectivity index is 1.96. The van der Waals surface area contributed by atoms with Gasteiger partial charge in [0.1, 0.15) is 0 Å². The molecule has 1 aromatic heterocycles. The lowest BCUT2D eigenvalue weighted by atomic mass is 9.99. The van der Waals surface area contributed by atoms with Gasteiger partial charge in [0.25, 0.3) is 0 Å². The van der Waals surface area contributed by atoms with Crippen molar-refractivity contribution in [2.75, 3.05) is 0 Å². The molecule has 0 atom stereocenters. The molecule has 0 bridgehead atoms. The second kappa shape index (κ2) is 4.82. The lowest BCUT2D eigenvalue weighted by molar-refractivity contribution is 0.687. The zero-order valence-electron chi connectivity index (χ0n) is 11.9. The van der Waals surface area contributed by atoms with E-state index in [-0.39, 0.29) is 0 Å². The maximum absolute atomic E-state index is 4.66. The Labute approximate surface area is 114 Å². The number of aromatic nitrogens is 2. The number of rotatable bonds is 4. The summed E-state index contributed by atoms with van der Waals surface area (Å²) in [5, 5.41) is 8.23. The number of benzene rings is 1. The summed E-state index contributed by atoms with van der Waals surface area (Å²) < 4.78 is 1.92. The molecule has 1 N–H and O–H groups in total. The Hall–Kier alpha value is -1.61. The number of hydrogen-bond donors (Lipinski definition) is 1. The van der Waals surface area contributed by atoms with E-state index in [0.29, 0.717) is 0 Å². The van der Waals surface area contributed by atoms with Crippen molar-refractivity contribution in [3.05, 3.63) is 41.1 Å². The van der Waals surface area contributed by atoms with Crippen LogP contribution in [0, 0.1) is 13.8 Å². The average molecular weight is 255 g/mol. The number of aryl methyl sites for hydroxylation is 2. The van der Waals surface area contributed by atoms with Crippen LogP contribution in [0.25, 0.3) is 11.3 Å². The molecule has 0 amide bonds. The quantitative estimate of drug-likeness (QED) is 0.910. The van der Waals surface area contributed by atoms with Crippen LogP contribution in [0.15, 0.2) is 24.4 Å². The van der Waals surface area contributed by atoms with Crippen LogP contribution in [0.1, 0.15) is 29.5 Å². The molecule has 1 aromatic carbocycles. The monoisotopic (exact) mass is 255 g/mol. The van der Waals surface area contributed by atoms with Gasteiger partial charge in [-0.05, 0) is 37.8 Å². The van der Waals surface area contributed by atoms with Gasteiger partial charge in [-0.25, -0.2) is 0 Å². The van der Waals surface area contributed by atoms with Crippen LogP contribution in [-0.4, -0.2) is 15.8 Å². The van der Waals surface area contributed by atoms with E-state index in [4.69, 9.17) is 0 Å². The predicted molar refractivity (Wildman–Crippen MR) is 78.0 cm³/mol. The van der Waals surface area contributed by atoms with E-state index in [1.807, 2.05) is 11.7 Å². The molecule has 1 fully saturated rings. The van der Waals surface area contributed by atoms with Crippen LogP contribution in [0.5, 0.6) is 0 Å². The van der Waals surface area contributed by atoms with Gasteiger partial charge in [0.2, 0.25) is 0 Å². The average Bonchev–Trinajstić information content (AvgIpc) is 3.14. The molecule has 0 radical (unpaired) electrons. The fourth-order valence-electron chi connectivity index (χ4n) is 2.44. The smallest absolute Gasteiger partial charge is 0.0970 e. The summed E-state index contributed by atoms with van der Waals surface area (Å²) in [6.07, 6.45) is 4.77. The number of hydrogen-bond acceptors (Lipinski definition) is 2. The zero-order chi connectivity index (χ0) is 13.4. The summed E-state index contributed by atoms with van der Waals surface area (Å²) in [6, 6.07) is 7.17. The van der Waals surface area contributed by atoms with E-state index in [2.05, 4.69) is 48.7 Å². The standard InChI is InChI=1S/C16H21N3/c1-11-5-4-6-15(12(11)2)16-13(10-19(3)18-16)9-17-14-7-8-14/h4-6,10,14,17H,7-9H2,1-3H3.